The lowest BCUT2D eigenvalue weighted by molar-refractivity contribution is -0.120. The molecule has 0 unspecified atom stereocenters. The van der Waals surface area contributed by atoms with Gasteiger partial charge in [-0.3, -0.25) is 4.79 Å². The van der Waals surface area contributed by atoms with Gasteiger partial charge in [-0.05, 0) is 48.9 Å². The fraction of sp³-hybridized carbons (Fsp3) is 0.250. The molecular formula is C28H29N3O5. The monoisotopic (exact) mass is 487 g/mol. The number of carbonyl (C=O) groups is 2. The minimum atomic E-state index is -0.849. The average Bonchev–Trinajstić information content (AvgIpc) is 3.23. The van der Waals surface area contributed by atoms with Gasteiger partial charge in [-0.25, -0.2) is 9.78 Å². The first-order valence-electron chi connectivity index (χ1n) is 11.9. The van der Waals surface area contributed by atoms with Gasteiger partial charge in [-0.2, -0.15) is 0 Å². The third-order valence-electron chi connectivity index (χ3n) is 5.59. The Morgan fingerprint density at radius 3 is 2.47 bits per heavy atom. The maximum Gasteiger partial charge on any atom is 0.338 e. The molecular weight excluding hydrogens is 458 g/mol. The second kappa shape index (κ2) is 12.0. The molecule has 1 heterocycles. The van der Waals surface area contributed by atoms with Crippen LogP contribution in [0.2, 0.25) is 0 Å². The van der Waals surface area contributed by atoms with Crippen LogP contribution in [0.4, 0.5) is 0 Å². The molecule has 4 rings (SSSR count). The number of nitrogens with one attached hydrogen (secondary N) is 1. The van der Waals surface area contributed by atoms with Crippen LogP contribution >= 0.6 is 0 Å². The third kappa shape index (κ3) is 6.49. The van der Waals surface area contributed by atoms with Crippen LogP contribution in [0.25, 0.3) is 11.0 Å². The number of aromatic nitrogens is 2. The Labute approximate surface area is 209 Å². The Morgan fingerprint density at radius 2 is 1.72 bits per heavy atom. The second-order valence-corrected chi connectivity index (χ2v) is 8.28. The maximum absolute atomic E-state index is 12.6. The molecule has 0 saturated carbocycles. The Bertz CT molecular complexity index is 1300. The number of amides is 1. The number of aliphatic hydroxyl groups excluding tert-OH is 1. The van der Waals surface area contributed by atoms with E-state index in [9.17, 15) is 14.7 Å². The van der Waals surface area contributed by atoms with Crippen LogP contribution in [0.1, 0.15) is 28.7 Å². The van der Waals surface area contributed by atoms with E-state index in [1.54, 1.807) is 31.2 Å². The zero-order valence-corrected chi connectivity index (χ0v) is 20.1. The van der Waals surface area contributed by atoms with Crippen molar-refractivity contribution in [1.82, 2.24) is 14.9 Å². The zero-order valence-electron chi connectivity index (χ0n) is 20.1. The Kier molecular flexibility index (Phi) is 8.31. The summed E-state index contributed by atoms with van der Waals surface area (Å²) in [5.41, 5.74) is 3.04. The van der Waals surface area contributed by atoms with Crippen LogP contribution in [-0.4, -0.2) is 45.9 Å². The van der Waals surface area contributed by atoms with Crippen molar-refractivity contribution in [3.05, 3.63) is 95.8 Å². The highest BCUT2D eigenvalue weighted by molar-refractivity contribution is 5.89. The summed E-state index contributed by atoms with van der Waals surface area (Å²) in [4.78, 5) is 29.1. The molecule has 0 spiro atoms. The van der Waals surface area contributed by atoms with E-state index in [4.69, 9.17) is 9.47 Å². The Morgan fingerprint density at radius 1 is 1.00 bits per heavy atom. The lowest BCUT2D eigenvalue weighted by atomic mass is 10.2. The summed E-state index contributed by atoms with van der Waals surface area (Å²) in [7, 11) is 0. The van der Waals surface area contributed by atoms with Crippen LogP contribution < -0.4 is 10.1 Å². The minimum absolute atomic E-state index is 0.0326. The molecule has 36 heavy (non-hydrogen) atoms. The number of hydrogen-bond donors (Lipinski definition) is 2. The number of esters is 1. The highest BCUT2D eigenvalue weighted by Crippen LogP contribution is 2.18. The molecule has 0 aliphatic rings. The smallest absolute Gasteiger partial charge is 0.338 e. The number of hydrogen-bond acceptors (Lipinski definition) is 6. The topological polar surface area (TPSA) is 103 Å². The first-order valence-corrected chi connectivity index (χ1v) is 11.9. The van der Waals surface area contributed by atoms with E-state index in [-0.39, 0.29) is 25.5 Å². The number of ether oxygens (including phenoxy) is 2. The number of para-hydroxylation sites is 2. The largest absolute Gasteiger partial charge is 0.491 e. The SMILES string of the molecule is CCOC(=O)c1ccc(OC[C@H](O)Cn2c(CC(=O)NCc3ccccc3)nc3ccccc32)cc1. The van der Waals surface area contributed by atoms with E-state index < -0.39 is 12.1 Å². The molecule has 1 atom stereocenters. The minimum Gasteiger partial charge on any atom is -0.491 e. The molecule has 0 radical (unpaired) electrons. The first-order chi connectivity index (χ1) is 17.5. The van der Waals surface area contributed by atoms with Gasteiger partial charge in [0.1, 0.15) is 24.3 Å². The highest BCUT2D eigenvalue weighted by Gasteiger charge is 2.17. The molecule has 1 amide bonds. The molecule has 0 aliphatic carbocycles. The van der Waals surface area contributed by atoms with Crippen molar-refractivity contribution in [1.29, 1.82) is 0 Å². The van der Waals surface area contributed by atoms with Gasteiger partial charge in [0, 0.05) is 6.54 Å². The van der Waals surface area contributed by atoms with E-state index in [1.807, 2.05) is 59.2 Å². The molecule has 0 saturated heterocycles. The predicted octanol–water partition coefficient (Wildman–Crippen LogP) is 3.51. The van der Waals surface area contributed by atoms with Crippen molar-refractivity contribution >= 4 is 22.9 Å². The van der Waals surface area contributed by atoms with Crippen LogP contribution in [0.5, 0.6) is 5.75 Å². The number of fused-ring (bicyclic) bond motifs is 1. The lowest BCUT2D eigenvalue weighted by Gasteiger charge is -2.16. The maximum atomic E-state index is 12.6. The van der Waals surface area contributed by atoms with Crippen LogP contribution in [0.15, 0.2) is 78.9 Å². The van der Waals surface area contributed by atoms with Crippen molar-refractivity contribution in [2.45, 2.75) is 32.5 Å². The summed E-state index contributed by atoms with van der Waals surface area (Å²) >= 11 is 0. The van der Waals surface area contributed by atoms with Crippen LogP contribution in [-0.2, 0) is 29.0 Å². The average molecular weight is 488 g/mol. The number of benzene rings is 3. The summed E-state index contributed by atoms with van der Waals surface area (Å²) in [6, 6.07) is 23.8. The molecule has 8 heteroatoms. The molecule has 4 aromatic rings. The molecule has 1 aromatic heterocycles. The summed E-state index contributed by atoms with van der Waals surface area (Å²) < 4.78 is 12.6. The summed E-state index contributed by atoms with van der Waals surface area (Å²) in [6.07, 6.45) is -0.761. The van der Waals surface area contributed by atoms with E-state index in [0.29, 0.717) is 30.3 Å². The molecule has 8 nitrogen and oxygen atoms in total. The van der Waals surface area contributed by atoms with Crippen molar-refractivity contribution < 1.29 is 24.2 Å². The molecule has 0 aliphatic heterocycles. The van der Waals surface area contributed by atoms with Crippen molar-refractivity contribution in [3.63, 3.8) is 0 Å². The number of imidazole rings is 1. The molecule has 3 aromatic carbocycles. The number of rotatable bonds is 11. The third-order valence-corrected chi connectivity index (χ3v) is 5.59. The molecule has 0 bridgehead atoms. The highest BCUT2D eigenvalue weighted by atomic mass is 16.5. The second-order valence-electron chi connectivity index (χ2n) is 8.28. The number of nitrogens with zero attached hydrogens (tertiary/aromatic N) is 2. The van der Waals surface area contributed by atoms with Gasteiger partial charge >= 0.3 is 5.97 Å². The number of carbonyl (C=O) groups excluding carboxylic acids is 2. The quantitative estimate of drug-likeness (QED) is 0.314. The van der Waals surface area contributed by atoms with Crippen molar-refractivity contribution in [3.8, 4) is 5.75 Å². The number of aliphatic hydroxyl groups is 1. The van der Waals surface area contributed by atoms with Gasteiger partial charge in [-0.15, -0.1) is 0 Å². The summed E-state index contributed by atoms with van der Waals surface area (Å²) in [5.74, 6) is 0.553. The molecule has 0 fully saturated rings. The zero-order chi connectivity index (χ0) is 25.3. The first kappa shape index (κ1) is 24.9. The van der Waals surface area contributed by atoms with Gasteiger partial charge in [0.05, 0.1) is 36.2 Å². The fourth-order valence-corrected chi connectivity index (χ4v) is 3.82. The Balaban J connectivity index is 1.39. The van der Waals surface area contributed by atoms with Gasteiger partial charge in [0.15, 0.2) is 0 Å². The summed E-state index contributed by atoms with van der Waals surface area (Å²) in [5, 5.41) is 13.6. The van der Waals surface area contributed by atoms with E-state index in [1.165, 1.54) is 0 Å². The van der Waals surface area contributed by atoms with Crippen molar-refractivity contribution in [2.75, 3.05) is 13.2 Å². The van der Waals surface area contributed by atoms with Gasteiger partial charge in [0.2, 0.25) is 5.91 Å². The van der Waals surface area contributed by atoms with Crippen molar-refractivity contribution in [2.24, 2.45) is 0 Å². The normalized spacial score (nSPS) is 11.7. The van der Waals surface area contributed by atoms with E-state index in [2.05, 4.69) is 10.3 Å². The van der Waals surface area contributed by atoms with Gasteiger partial charge in [-0.1, -0.05) is 42.5 Å². The van der Waals surface area contributed by atoms with E-state index in [0.717, 1.165) is 16.6 Å². The van der Waals surface area contributed by atoms with Crippen LogP contribution in [0, 0.1) is 0 Å². The van der Waals surface area contributed by atoms with Gasteiger partial charge < -0.3 is 24.5 Å². The summed E-state index contributed by atoms with van der Waals surface area (Å²) in [6.45, 7) is 2.74. The molecule has 2 N–H and O–H groups in total. The predicted molar refractivity (Wildman–Crippen MR) is 136 cm³/mol. The molecule has 186 valence electrons. The van der Waals surface area contributed by atoms with Gasteiger partial charge in [0.25, 0.3) is 0 Å². The fourth-order valence-electron chi connectivity index (χ4n) is 3.82. The van der Waals surface area contributed by atoms with E-state index >= 15 is 0 Å². The standard InChI is InChI=1S/C28H29N3O5/c1-2-35-28(34)21-12-14-23(15-13-21)36-19-22(32)18-31-25-11-7-6-10-24(25)30-26(31)16-27(33)29-17-20-8-4-3-5-9-20/h3-15,22,32H,2,16-19H2,1H3,(H,29,33)/t22-/m1/s1. The van der Waals surface area contributed by atoms with Crippen LogP contribution in [0.3, 0.4) is 0 Å². The lowest BCUT2D eigenvalue weighted by Crippen LogP contribution is -2.28. The Hall–Kier alpha value is -4.17.